The molecule has 0 spiro atoms. The van der Waals surface area contributed by atoms with Crippen molar-refractivity contribution in [2.24, 2.45) is 5.92 Å². The zero-order valence-electron chi connectivity index (χ0n) is 12.4. The highest BCUT2D eigenvalue weighted by atomic mass is 32.1. The highest BCUT2D eigenvalue weighted by Gasteiger charge is 2.35. The van der Waals surface area contributed by atoms with E-state index in [1.54, 1.807) is 10.9 Å². The van der Waals surface area contributed by atoms with Gasteiger partial charge in [0.25, 0.3) is 0 Å². The summed E-state index contributed by atoms with van der Waals surface area (Å²) in [5.74, 6) is 0.636. The Morgan fingerprint density at radius 2 is 2.26 bits per heavy atom. The summed E-state index contributed by atoms with van der Waals surface area (Å²) in [6.45, 7) is 3.88. The van der Waals surface area contributed by atoms with Crippen LogP contribution in [0.2, 0.25) is 0 Å². The number of aromatic nitrogens is 6. The van der Waals surface area contributed by atoms with E-state index in [-0.39, 0.29) is 11.8 Å². The molecule has 1 aliphatic heterocycles. The summed E-state index contributed by atoms with van der Waals surface area (Å²) in [5.41, 5.74) is 1.39. The Hall–Kier alpha value is -2.62. The van der Waals surface area contributed by atoms with E-state index in [4.69, 9.17) is 0 Å². The van der Waals surface area contributed by atoms with E-state index in [1.165, 1.54) is 17.7 Å². The monoisotopic (exact) mass is 330 g/mol. The number of carbonyl (C=O) groups excluding carboxylic acids is 1. The number of fused-ring (bicyclic) bond motifs is 1. The average molecular weight is 330 g/mol. The number of amides is 1. The average Bonchev–Trinajstić information content (AvgIpc) is 3.15. The van der Waals surface area contributed by atoms with Gasteiger partial charge < -0.3 is 10.2 Å². The quantitative estimate of drug-likeness (QED) is 0.754. The lowest BCUT2D eigenvalue weighted by Gasteiger charge is -2.38. The molecule has 10 heteroatoms. The molecule has 118 valence electrons. The van der Waals surface area contributed by atoms with Gasteiger partial charge in [0.15, 0.2) is 22.1 Å². The topological polar surface area (TPSA) is 102 Å². The molecule has 1 fully saturated rings. The van der Waals surface area contributed by atoms with Crippen molar-refractivity contribution in [3.05, 3.63) is 17.9 Å². The Morgan fingerprint density at radius 1 is 1.39 bits per heavy atom. The number of aryl methyl sites for hydroxylation is 1. The Labute approximate surface area is 135 Å². The molecular weight excluding hydrogens is 316 g/mol. The second kappa shape index (κ2) is 5.54. The molecule has 1 saturated heterocycles. The third-order valence-electron chi connectivity index (χ3n) is 3.79. The number of anilines is 2. The zero-order valence-corrected chi connectivity index (χ0v) is 13.2. The van der Waals surface area contributed by atoms with Gasteiger partial charge in [0.05, 0.1) is 5.92 Å². The minimum atomic E-state index is -0.0786. The molecule has 3 aromatic heterocycles. The lowest BCUT2D eigenvalue weighted by Crippen LogP contribution is -2.52. The van der Waals surface area contributed by atoms with Crippen molar-refractivity contribution in [3.8, 4) is 0 Å². The molecule has 23 heavy (non-hydrogen) atoms. The molecule has 0 unspecified atom stereocenters. The first-order valence-electron chi connectivity index (χ1n) is 7.25. The van der Waals surface area contributed by atoms with Gasteiger partial charge in [0.2, 0.25) is 5.91 Å². The van der Waals surface area contributed by atoms with Crippen LogP contribution in [0.1, 0.15) is 6.92 Å². The van der Waals surface area contributed by atoms with Crippen molar-refractivity contribution in [1.29, 1.82) is 0 Å². The summed E-state index contributed by atoms with van der Waals surface area (Å²) in [6, 6.07) is 0. The molecule has 1 amide bonds. The second-order valence-electron chi connectivity index (χ2n) is 5.20. The lowest BCUT2D eigenvalue weighted by molar-refractivity contribution is -0.120. The van der Waals surface area contributed by atoms with Crippen LogP contribution in [0.4, 0.5) is 10.9 Å². The normalized spacial score (nSPS) is 14.9. The molecule has 0 bridgehead atoms. The van der Waals surface area contributed by atoms with Crippen molar-refractivity contribution in [1.82, 2.24) is 29.9 Å². The van der Waals surface area contributed by atoms with Crippen LogP contribution in [-0.4, -0.2) is 48.9 Å². The number of hydrogen-bond donors (Lipinski definition) is 1. The summed E-state index contributed by atoms with van der Waals surface area (Å²) in [5, 5.41) is 13.5. The van der Waals surface area contributed by atoms with E-state index in [0.29, 0.717) is 35.9 Å². The Kier molecular flexibility index (Phi) is 3.37. The van der Waals surface area contributed by atoms with Crippen molar-refractivity contribution >= 4 is 39.4 Å². The maximum absolute atomic E-state index is 12.1. The summed E-state index contributed by atoms with van der Waals surface area (Å²) in [6.07, 6.45) is 3.18. The van der Waals surface area contributed by atoms with Gasteiger partial charge in [-0.15, -0.1) is 16.4 Å². The molecule has 3 aromatic rings. The number of nitrogens with one attached hydrogen (secondary N) is 1. The molecule has 1 N–H and O–H groups in total. The molecule has 9 nitrogen and oxygen atoms in total. The molecule has 0 saturated carbocycles. The number of rotatable bonds is 4. The van der Waals surface area contributed by atoms with Gasteiger partial charge in [-0.1, -0.05) is 5.21 Å². The first-order valence-corrected chi connectivity index (χ1v) is 8.13. The number of nitrogens with zero attached hydrogens (tertiary/aromatic N) is 7. The molecule has 0 atom stereocenters. The summed E-state index contributed by atoms with van der Waals surface area (Å²) in [7, 11) is 0. The molecule has 1 aliphatic rings. The third-order valence-corrected chi connectivity index (χ3v) is 4.48. The first-order chi connectivity index (χ1) is 11.3. The fraction of sp³-hybridized carbons (Fsp3) is 0.385. The number of hydrogen-bond acceptors (Lipinski definition) is 8. The van der Waals surface area contributed by atoms with Gasteiger partial charge in [0.1, 0.15) is 6.33 Å². The van der Waals surface area contributed by atoms with E-state index in [2.05, 4.69) is 30.6 Å². The fourth-order valence-corrected chi connectivity index (χ4v) is 3.07. The van der Waals surface area contributed by atoms with Gasteiger partial charge in [0, 0.05) is 31.2 Å². The van der Waals surface area contributed by atoms with Crippen LogP contribution >= 0.6 is 11.3 Å². The van der Waals surface area contributed by atoms with Gasteiger partial charge in [-0.25, -0.2) is 19.6 Å². The zero-order chi connectivity index (χ0) is 15.8. The first kappa shape index (κ1) is 14.0. The van der Waals surface area contributed by atoms with Crippen molar-refractivity contribution in [2.45, 2.75) is 13.5 Å². The van der Waals surface area contributed by atoms with Crippen molar-refractivity contribution in [2.75, 3.05) is 23.3 Å². The highest BCUT2D eigenvalue weighted by molar-refractivity contribution is 7.13. The predicted octanol–water partition coefficient (Wildman–Crippen LogP) is 0.773. The van der Waals surface area contributed by atoms with Gasteiger partial charge >= 0.3 is 0 Å². The summed E-state index contributed by atoms with van der Waals surface area (Å²) in [4.78, 5) is 26.8. The molecule has 0 aromatic carbocycles. The maximum atomic E-state index is 12.1. The van der Waals surface area contributed by atoms with Crippen molar-refractivity contribution < 1.29 is 4.79 Å². The SMILES string of the molecule is CCn1nnc2c(N3CC(C(=O)Nc4nccs4)C3)ncnc21. The summed E-state index contributed by atoms with van der Waals surface area (Å²) < 4.78 is 1.73. The minimum absolute atomic E-state index is 0.0151. The molecule has 4 rings (SSSR count). The Balaban J connectivity index is 1.47. The van der Waals surface area contributed by atoms with Crippen LogP contribution in [-0.2, 0) is 11.3 Å². The van der Waals surface area contributed by atoms with Crippen molar-refractivity contribution in [3.63, 3.8) is 0 Å². The number of thiazole rings is 1. The van der Waals surface area contributed by atoms with E-state index in [9.17, 15) is 4.79 Å². The van der Waals surface area contributed by atoms with Gasteiger partial charge in [-0.3, -0.25) is 4.79 Å². The smallest absolute Gasteiger partial charge is 0.232 e. The predicted molar refractivity (Wildman–Crippen MR) is 85.2 cm³/mol. The number of carbonyl (C=O) groups is 1. The fourth-order valence-electron chi connectivity index (χ4n) is 2.53. The largest absolute Gasteiger partial charge is 0.353 e. The minimum Gasteiger partial charge on any atom is -0.353 e. The standard InChI is InChI=1S/C13H14N8OS/c1-2-21-11-9(18-19-21)10(15-7-16-11)20-5-8(6-20)12(22)17-13-14-3-4-23-13/h3-4,7-8H,2,5-6H2,1H3,(H,14,17,22). The van der Waals surface area contributed by atoms with E-state index in [1.807, 2.05) is 17.2 Å². The van der Waals surface area contributed by atoms with Gasteiger partial charge in [-0.05, 0) is 6.92 Å². The third kappa shape index (κ3) is 2.40. The van der Waals surface area contributed by atoms with E-state index in [0.717, 1.165) is 5.82 Å². The second-order valence-corrected chi connectivity index (χ2v) is 6.10. The van der Waals surface area contributed by atoms with Crippen LogP contribution in [0, 0.1) is 5.92 Å². The van der Waals surface area contributed by atoms with Gasteiger partial charge in [-0.2, -0.15) is 0 Å². The van der Waals surface area contributed by atoms with Crippen LogP contribution < -0.4 is 10.2 Å². The maximum Gasteiger partial charge on any atom is 0.232 e. The van der Waals surface area contributed by atoms with Crippen LogP contribution in [0.25, 0.3) is 11.2 Å². The van der Waals surface area contributed by atoms with Crippen LogP contribution in [0.5, 0.6) is 0 Å². The molecule has 0 aliphatic carbocycles. The van der Waals surface area contributed by atoms with E-state index < -0.39 is 0 Å². The lowest BCUT2D eigenvalue weighted by atomic mass is 9.99. The van der Waals surface area contributed by atoms with Crippen LogP contribution in [0.3, 0.4) is 0 Å². The molecule has 4 heterocycles. The highest BCUT2D eigenvalue weighted by Crippen LogP contribution is 2.28. The van der Waals surface area contributed by atoms with Crippen LogP contribution in [0.15, 0.2) is 17.9 Å². The molecule has 0 radical (unpaired) electrons. The molecular formula is C13H14N8OS. The summed E-state index contributed by atoms with van der Waals surface area (Å²) >= 11 is 1.41. The Morgan fingerprint density at radius 3 is 3.00 bits per heavy atom. The Bertz CT molecular complexity index is 839. The van der Waals surface area contributed by atoms with E-state index >= 15 is 0 Å².